The van der Waals surface area contributed by atoms with Crippen LogP contribution in [0.2, 0.25) is 0 Å². The lowest BCUT2D eigenvalue weighted by atomic mass is 10.0. The molecule has 0 aliphatic heterocycles. The van der Waals surface area contributed by atoms with E-state index in [4.69, 9.17) is 0 Å². The summed E-state index contributed by atoms with van der Waals surface area (Å²) in [7, 11) is 0. The lowest BCUT2D eigenvalue weighted by molar-refractivity contribution is -0.137. The van der Waals surface area contributed by atoms with E-state index in [1.807, 2.05) is 20.8 Å². The fourth-order valence-corrected chi connectivity index (χ4v) is 1.60. The fourth-order valence-electron chi connectivity index (χ4n) is 1.60. The lowest BCUT2D eigenvalue weighted by Crippen LogP contribution is -2.13. The zero-order valence-corrected chi connectivity index (χ0v) is 11.4. The number of benzene rings is 1. The summed E-state index contributed by atoms with van der Waals surface area (Å²) < 4.78 is 50.5. The van der Waals surface area contributed by atoms with Crippen LogP contribution in [0.1, 0.15) is 44.7 Å². The number of aliphatic hydroxyl groups is 1. The second-order valence-corrected chi connectivity index (χ2v) is 3.95. The van der Waals surface area contributed by atoms with Crippen molar-refractivity contribution in [3.8, 4) is 0 Å². The first-order valence-corrected chi connectivity index (χ1v) is 6.38. The summed E-state index contributed by atoms with van der Waals surface area (Å²) in [6.45, 7) is 5.84. The van der Waals surface area contributed by atoms with Crippen molar-refractivity contribution in [3.63, 3.8) is 0 Å². The zero-order chi connectivity index (χ0) is 15.1. The van der Waals surface area contributed by atoms with Crippen molar-refractivity contribution >= 4 is 0 Å². The number of aliphatic hydroxyl groups excluding tert-OH is 1. The highest BCUT2D eigenvalue weighted by atomic mass is 19.4. The van der Waals surface area contributed by atoms with Gasteiger partial charge >= 0.3 is 6.18 Å². The molecule has 1 nitrogen and oxygen atoms in total. The third kappa shape index (κ3) is 6.05. The average molecular weight is 280 g/mol. The Morgan fingerprint density at radius 3 is 2.26 bits per heavy atom. The van der Waals surface area contributed by atoms with Crippen molar-refractivity contribution in [1.82, 2.24) is 0 Å². The van der Waals surface area contributed by atoms with Crippen LogP contribution in [0.4, 0.5) is 17.6 Å². The summed E-state index contributed by atoms with van der Waals surface area (Å²) in [4.78, 5) is 0. The molecule has 110 valence electrons. The normalized spacial score (nSPS) is 12.6. The molecule has 0 aliphatic carbocycles. The fraction of sp³-hybridized carbons (Fsp3) is 0.571. The van der Waals surface area contributed by atoms with Gasteiger partial charge in [-0.05, 0) is 30.2 Å². The van der Waals surface area contributed by atoms with Gasteiger partial charge in [-0.2, -0.15) is 13.2 Å². The average Bonchev–Trinajstić information content (AvgIpc) is 2.33. The Morgan fingerprint density at radius 2 is 1.79 bits per heavy atom. The molecule has 0 bridgehead atoms. The minimum atomic E-state index is -4.49. The summed E-state index contributed by atoms with van der Waals surface area (Å²) in [5.74, 6) is -0.715. The molecule has 0 aliphatic rings. The summed E-state index contributed by atoms with van der Waals surface area (Å²) >= 11 is 0. The SMILES string of the molecule is CC.CCCC(O)Cc1cc(C(F)(F)F)ccc1F. The van der Waals surface area contributed by atoms with Gasteiger partial charge in [0.1, 0.15) is 5.82 Å². The summed E-state index contributed by atoms with van der Waals surface area (Å²) in [6.07, 6.45) is -4.25. The van der Waals surface area contributed by atoms with Gasteiger partial charge in [0.25, 0.3) is 0 Å². The Bertz CT molecular complexity index is 374. The molecule has 5 heteroatoms. The molecule has 0 amide bonds. The van der Waals surface area contributed by atoms with E-state index in [9.17, 15) is 22.7 Å². The van der Waals surface area contributed by atoms with Crippen LogP contribution >= 0.6 is 0 Å². The largest absolute Gasteiger partial charge is 0.416 e. The summed E-state index contributed by atoms with van der Waals surface area (Å²) in [5, 5.41) is 9.47. The van der Waals surface area contributed by atoms with Gasteiger partial charge in [0.05, 0.1) is 11.7 Å². The van der Waals surface area contributed by atoms with Crippen LogP contribution in [0.15, 0.2) is 18.2 Å². The van der Waals surface area contributed by atoms with Crippen LogP contribution in [0, 0.1) is 5.82 Å². The van der Waals surface area contributed by atoms with Crippen molar-refractivity contribution in [3.05, 3.63) is 35.1 Å². The van der Waals surface area contributed by atoms with E-state index in [0.717, 1.165) is 12.1 Å². The van der Waals surface area contributed by atoms with E-state index in [2.05, 4.69) is 0 Å². The predicted molar refractivity (Wildman–Crippen MR) is 67.4 cm³/mol. The second kappa shape index (κ2) is 8.15. The molecule has 0 aromatic heterocycles. The highest BCUT2D eigenvalue weighted by Gasteiger charge is 2.31. The molecule has 0 heterocycles. The number of alkyl halides is 3. The molecular weight excluding hydrogens is 260 g/mol. The molecule has 1 unspecified atom stereocenters. The number of halogens is 4. The van der Waals surface area contributed by atoms with Crippen LogP contribution < -0.4 is 0 Å². The van der Waals surface area contributed by atoms with Crippen LogP contribution in [-0.4, -0.2) is 11.2 Å². The molecule has 0 saturated heterocycles. The maximum absolute atomic E-state index is 13.3. The van der Waals surface area contributed by atoms with Crippen molar-refractivity contribution in [1.29, 1.82) is 0 Å². The first kappa shape index (κ1) is 17.9. The Hall–Kier alpha value is -1.10. The number of rotatable bonds is 4. The lowest BCUT2D eigenvalue weighted by Gasteiger charge is -2.12. The molecule has 1 N–H and O–H groups in total. The van der Waals surface area contributed by atoms with Crippen LogP contribution in [-0.2, 0) is 12.6 Å². The van der Waals surface area contributed by atoms with Crippen LogP contribution in [0.3, 0.4) is 0 Å². The van der Waals surface area contributed by atoms with Crippen LogP contribution in [0.5, 0.6) is 0 Å². The zero-order valence-electron chi connectivity index (χ0n) is 11.4. The molecule has 1 atom stereocenters. The monoisotopic (exact) mass is 280 g/mol. The highest BCUT2D eigenvalue weighted by molar-refractivity contribution is 5.27. The highest BCUT2D eigenvalue weighted by Crippen LogP contribution is 2.30. The molecule has 19 heavy (non-hydrogen) atoms. The molecule has 0 spiro atoms. The number of hydrogen-bond donors (Lipinski definition) is 1. The summed E-state index contributed by atoms with van der Waals surface area (Å²) in [5.41, 5.74) is -0.988. The minimum Gasteiger partial charge on any atom is -0.393 e. The minimum absolute atomic E-state index is 0.0937. The van der Waals surface area contributed by atoms with Gasteiger partial charge in [-0.25, -0.2) is 4.39 Å². The van der Waals surface area contributed by atoms with Crippen LogP contribution in [0.25, 0.3) is 0 Å². The molecule has 0 fully saturated rings. The first-order valence-electron chi connectivity index (χ1n) is 6.38. The van der Waals surface area contributed by atoms with E-state index in [0.29, 0.717) is 18.9 Å². The molecular formula is C14H20F4O. The van der Waals surface area contributed by atoms with Gasteiger partial charge in [-0.1, -0.05) is 27.2 Å². The third-order valence-corrected chi connectivity index (χ3v) is 2.45. The van der Waals surface area contributed by atoms with Gasteiger partial charge < -0.3 is 5.11 Å². The van der Waals surface area contributed by atoms with Gasteiger partial charge in [0, 0.05) is 6.42 Å². The quantitative estimate of drug-likeness (QED) is 0.801. The van der Waals surface area contributed by atoms with Crippen molar-refractivity contribution < 1.29 is 22.7 Å². The van der Waals surface area contributed by atoms with E-state index < -0.39 is 23.7 Å². The molecule has 1 aromatic rings. The Morgan fingerprint density at radius 1 is 1.21 bits per heavy atom. The Kier molecular flexibility index (Phi) is 7.68. The first-order chi connectivity index (χ1) is 8.84. The third-order valence-electron chi connectivity index (χ3n) is 2.45. The van der Waals surface area contributed by atoms with Gasteiger partial charge in [-0.15, -0.1) is 0 Å². The molecule has 0 radical (unpaired) electrons. The maximum atomic E-state index is 13.3. The topological polar surface area (TPSA) is 20.2 Å². The molecule has 0 saturated carbocycles. The van der Waals surface area contributed by atoms with Crippen molar-refractivity contribution in [2.45, 2.75) is 52.3 Å². The number of hydrogen-bond acceptors (Lipinski definition) is 1. The predicted octanol–water partition coefficient (Wildman–Crippen LogP) is 4.57. The van der Waals surface area contributed by atoms with E-state index in [1.165, 1.54) is 0 Å². The van der Waals surface area contributed by atoms with Gasteiger partial charge in [-0.3, -0.25) is 0 Å². The smallest absolute Gasteiger partial charge is 0.393 e. The molecule has 1 aromatic carbocycles. The molecule has 1 rings (SSSR count). The van der Waals surface area contributed by atoms with Gasteiger partial charge in [0.15, 0.2) is 0 Å². The Balaban J connectivity index is 0.00000154. The maximum Gasteiger partial charge on any atom is 0.416 e. The summed E-state index contributed by atoms with van der Waals surface area (Å²) in [6, 6.07) is 2.25. The van der Waals surface area contributed by atoms with E-state index in [1.54, 1.807) is 0 Å². The Labute approximate surface area is 111 Å². The van der Waals surface area contributed by atoms with Crippen molar-refractivity contribution in [2.75, 3.05) is 0 Å². The van der Waals surface area contributed by atoms with E-state index in [-0.39, 0.29) is 12.0 Å². The standard InChI is InChI=1S/C12H14F4O.C2H6/c1-2-3-10(17)7-8-6-9(12(14,15)16)4-5-11(8)13;1-2/h4-6,10,17H,2-3,7H2,1H3;1-2H3. The van der Waals surface area contributed by atoms with Gasteiger partial charge in [0.2, 0.25) is 0 Å². The van der Waals surface area contributed by atoms with E-state index >= 15 is 0 Å². The second-order valence-electron chi connectivity index (χ2n) is 3.95. The van der Waals surface area contributed by atoms with Crippen molar-refractivity contribution in [2.24, 2.45) is 0 Å².